The lowest BCUT2D eigenvalue weighted by Gasteiger charge is -2.38. The maximum atomic E-state index is 13.9. The molecule has 2 aliphatic rings. The number of esters is 2. The molecular weight excluding hydrogens is 498 g/mol. The molecule has 202 valence electrons. The van der Waals surface area contributed by atoms with Crippen LogP contribution in [0.15, 0.2) is 34.7 Å². The third-order valence-electron chi connectivity index (χ3n) is 6.65. The third-order valence-corrected chi connectivity index (χ3v) is 7.51. The number of hydrogen-bond acceptors (Lipinski definition) is 10. The predicted molar refractivity (Wildman–Crippen MR) is 140 cm³/mol. The zero-order valence-electron chi connectivity index (χ0n) is 22.4. The molecule has 9 nitrogen and oxygen atoms in total. The molecule has 1 aliphatic heterocycles. The molecule has 0 radical (unpaired) electrons. The van der Waals surface area contributed by atoms with E-state index < -0.39 is 23.8 Å². The van der Waals surface area contributed by atoms with E-state index in [1.807, 2.05) is 13.8 Å². The summed E-state index contributed by atoms with van der Waals surface area (Å²) in [5.74, 6) is -0.882. The van der Waals surface area contributed by atoms with Crippen LogP contribution in [-0.4, -0.2) is 64.3 Å². The largest absolute Gasteiger partial charge is 0.493 e. The standard InChI is InChI=1S/C27H35NO8S/c1-8-37-10-9-36-27(31)21-15(3)28-17-11-14(2)20(26(30)35-7)24(29)23(17)22(21)16-12-18(32-4)25(34-6)19(13-16)33-5/h12-14,20,22,28H,8-11H2,1-7H3/t14-,20+,22+/m0/s1. The summed E-state index contributed by atoms with van der Waals surface area (Å²) in [5.41, 5.74) is 2.46. The molecule has 3 rings (SSSR count). The number of Topliss-reactive ketones (excluding diaryl/α,β-unsaturated/α-hetero) is 1. The van der Waals surface area contributed by atoms with Crippen molar-refractivity contribution in [3.63, 3.8) is 0 Å². The van der Waals surface area contributed by atoms with Gasteiger partial charge in [-0.2, -0.15) is 11.8 Å². The second-order valence-corrected chi connectivity index (χ2v) is 10.2. The number of methoxy groups -OCH3 is 4. The number of carbonyl (C=O) groups excluding carboxylic acids is 3. The average Bonchev–Trinajstić information content (AvgIpc) is 2.88. The first-order valence-corrected chi connectivity index (χ1v) is 13.3. The van der Waals surface area contributed by atoms with E-state index in [0.29, 0.717) is 57.5 Å². The van der Waals surface area contributed by atoms with E-state index in [4.69, 9.17) is 23.7 Å². The van der Waals surface area contributed by atoms with E-state index >= 15 is 0 Å². The number of thioether (sulfide) groups is 1. The number of ether oxygens (including phenoxy) is 5. The number of hydrogen-bond donors (Lipinski definition) is 1. The summed E-state index contributed by atoms with van der Waals surface area (Å²) in [6.07, 6.45) is 0.439. The number of nitrogens with one attached hydrogen (secondary N) is 1. The molecule has 0 fully saturated rings. The van der Waals surface area contributed by atoms with Crippen molar-refractivity contribution in [1.29, 1.82) is 0 Å². The minimum absolute atomic E-state index is 0.234. The second kappa shape index (κ2) is 12.4. The van der Waals surface area contributed by atoms with Gasteiger partial charge in [-0.1, -0.05) is 13.8 Å². The van der Waals surface area contributed by atoms with E-state index in [1.54, 1.807) is 30.8 Å². The Kier molecular flexibility index (Phi) is 9.53. The van der Waals surface area contributed by atoms with Gasteiger partial charge in [0.05, 0.1) is 34.0 Å². The molecule has 10 heteroatoms. The highest BCUT2D eigenvalue weighted by Gasteiger charge is 2.47. The highest BCUT2D eigenvalue weighted by Crippen LogP contribution is 2.49. The van der Waals surface area contributed by atoms with Gasteiger partial charge in [0.2, 0.25) is 5.75 Å². The zero-order chi connectivity index (χ0) is 27.3. The van der Waals surface area contributed by atoms with Crippen molar-refractivity contribution in [3.05, 3.63) is 40.2 Å². The Morgan fingerprint density at radius 1 is 1.08 bits per heavy atom. The summed E-state index contributed by atoms with van der Waals surface area (Å²) in [6, 6.07) is 3.43. The zero-order valence-corrected chi connectivity index (χ0v) is 23.2. The van der Waals surface area contributed by atoms with Gasteiger partial charge in [0.25, 0.3) is 0 Å². The van der Waals surface area contributed by atoms with Gasteiger partial charge < -0.3 is 29.0 Å². The summed E-state index contributed by atoms with van der Waals surface area (Å²) >= 11 is 1.66. The molecule has 37 heavy (non-hydrogen) atoms. The fourth-order valence-corrected chi connectivity index (χ4v) is 5.46. The predicted octanol–water partition coefficient (Wildman–Crippen LogP) is 3.62. The van der Waals surface area contributed by atoms with Crippen molar-refractivity contribution in [2.45, 2.75) is 33.1 Å². The average molecular weight is 534 g/mol. The number of benzene rings is 1. The Hall–Kier alpha value is -3.14. The fraction of sp³-hybridized carbons (Fsp3) is 0.519. The number of allylic oxidation sites excluding steroid dienone is 3. The van der Waals surface area contributed by atoms with E-state index in [0.717, 1.165) is 5.75 Å². The first-order valence-electron chi connectivity index (χ1n) is 12.1. The van der Waals surface area contributed by atoms with Crippen molar-refractivity contribution in [1.82, 2.24) is 5.32 Å². The van der Waals surface area contributed by atoms with Crippen LogP contribution in [0.3, 0.4) is 0 Å². The molecule has 1 heterocycles. The molecule has 1 N–H and O–H groups in total. The van der Waals surface area contributed by atoms with Gasteiger partial charge in [-0.05, 0) is 42.7 Å². The number of ketones is 1. The highest BCUT2D eigenvalue weighted by molar-refractivity contribution is 7.99. The maximum absolute atomic E-state index is 13.9. The Labute approximate surface area is 221 Å². The topological polar surface area (TPSA) is 109 Å². The molecule has 0 unspecified atom stereocenters. The molecule has 0 amide bonds. The van der Waals surface area contributed by atoms with Gasteiger partial charge in [-0.25, -0.2) is 4.79 Å². The molecule has 0 bridgehead atoms. The van der Waals surface area contributed by atoms with Crippen LogP contribution in [0.25, 0.3) is 0 Å². The molecule has 0 saturated carbocycles. The molecule has 3 atom stereocenters. The van der Waals surface area contributed by atoms with Gasteiger partial charge in [0, 0.05) is 28.6 Å². The van der Waals surface area contributed by atoms with Gasteiger partial charge in [0.1, 0.15) is 12.5 Å². The molecular formula is C27H35NO8S. The molecule has 1 aliphatic carbocycles. The summed E-state index contributed by atoms with van der Waals surface area (Å²) in [4.78, 5) is 40.0. The van der Waals surface area contributed by atoms with Gasteiger partial charge in [-0.3, -0.25) is 9.59 Å². The SMILES string of the molecule is CCSCCOC(=O)C1=C(C)NC2=C(C(=O)[C@H](C(=O)OC)[C@@H](C)C2)[C@@H]1c1cc(OC)c(OC)c(OC)c1. The van der Waals surface area contributed by atoms with E-state index in [9.17, 15) is 14.4 Å². The maximum Gasteiger partial charge on any atom is 0.336 e. The number of dihydropyridines is 1. The van der Waals surface area contributed by atoms with E-state index in [-0.39, 0.29) is 18.3 Å². The van der Waals surface area contributed by atoms with Crippen LogP contribution in [-0.2, 0) is 23.9 Å². The fourth-order valence-electron chi connectivity index (χ4n) is 4.97. The normalized spacial score (nSPS) is 21.2. The third kappa shape index (κ3) is 5.58. The smallest absolute Gasteiger partial charge is 0.336 e. The van der Waals surface area contributed by atoms with Crippen LogP contribution in [0.1, 0.15) is 38.7 Å². The van der Waals surface area contributed by atoms with Crippen LogP contribution in [0.4, 0.5) is 0 Å². The molecule has 0 spiro atoms. The number of carbonyl (C=O) groups is 3. The Morgan fingerprint density at radius 2 is 1.73 bits per heavy atom. The molecule has 0 saturated heterocycles. The van der Waals surface area contributed by atoms with Crippen molar-refractivity contribution in [3.8, 4) is 17.2 Å². The van der Waals surface area contributed by atoms with Gasteiger partial charge in [-0.15, -0.1) is 0 Å². The second-order valence-electron chi connectivity index (χ2n) is 8.83. The molecule has 1 aromatic rings. The number of rotatable bonds is 10. The lowest BCUT2D eigenvalue weighted by Crippen LogP contribution is -2.43. The van der Waals surface area contributed by atoms with Crippen LogP contribution >= 0.6 is 11.8 Å². The van der Waals surface area contributed by atoms with Crippen LogP contribution in [0.5, 0.6) is 17.2 Å². The summed E-state index contributed by atoms with van der Waals surface area (Å²) in [6.45, 7) is 5.89. The van der Waals surface area contributed by atoms with Crippen molar-refractivity contribution in [2.24, 2.45) is 11.8 Å². The Balaban J connectivity index is 2.21. The summed E-state index contributed by atoms with van der Waals surface area (Å²) in [5, 5.41) is 3.26. The Morgan fingerprint density at radius 3 is 2.27 bits per heavy atom. The van der Waals surface area contributed by atoms with Crippen molar-refractivity contribution < 1.29 is 38.1 Å². The van der Waals surface area contributed by atoms with Crippen LogP contribution < -0.4 is 19.5 Å². The highest BCUT2D eigenvalue weighted by atomic mass is 32.2. The van der Waals surface area contributed by atoms with Gasteiger partial charge >= 0.3 is 11.9 Å². The van der Waals surface area contributed by atoms with Crippen LogP contribution in [0, 0.1) is 11.8 Å². The Bertz CT molecular complexity index is 1100. The summed E-state index contributed by atoms with van der Waals surface area (Å²) < 4.78 is 27.2. The minimum Gasteiger partial charge on any atom is -0.493 e. The van der Waals surface area contributed by atoms with Gasteiger partial charge in [0.15, 0.2) is 17.3 Å². The first kappa shape index (κ1) is 28.4. The monoisotopic (exact) mass is 533 g/mol. The van der Waals surface area contributed by atoms with Crippen molar-refractivity contribution in [2.75, 3.05) is 46.6 Å². The first-order chi connectivity index (χ1) is 17.7. The molecule has 1 aromatic carbocycles. The minimum atomic E-state index is -0.980. The van der Waals surface area contributed by atoms with E-state index in [1.165, 1.54) is 28.4 Å². The van der Waals surface area contributed by atoms with Crippen molar-refractivity contribution >= 4 is 29.5 Å². The molecule has 0 aromatic heterocycles. The lowest BCUT2D eigenvalue weighted by atomic mass is 9.69. The summed E-state index contributed by atoms with van der Waals surface area (Å²) in [7, 11) is 5.76. The van der Waals surface area contributed by atoms with E-state index in [2.05, 4.69) is 5.32 Å². The lowest BCUT2D eigenvalue weighted by molar-refractivity contribution is -0.151. The quantitative estimate of drug-likeness (QED) is 0.272. The van der Waals surface area contributed by atoms with Crippen LogP contribution in [0.2, 0.25) is 0 Å².